The molecule has 0 spiro atoms. The van der Waals surface area contributed by atoms with Crippen molar-refractivity contribution in [3.63, 3.8) is 0 Å². The van der Waals surface area contributed by atoms with Crippen LogP contribution in [-0.2, 0) is 13.1 Å². The lowest BCUT2D eigenvalue weighted by atomic mass is 10.3. The molecule has 0 atom stereocenters. The van der Waals surface area contributed by atoms with Crippen molar-refractivity contribution in [3.8, 4) is 0 Å². The number of hydrogen-bond acceptors (Lipinski definition) is 3. The van der Waals surface area contributed by atoms with Gasteiger partial charge in [0.05, 0.1) is 10.7 Å². The van der Waals surface area contributed by atoms with Crippen LogP contribution in [0, 0.1) is 6.92 Å². The molecule has 0 aromatic carbocycles. The van der Waals surface area contributed by atoms with E-state index in [2.05, 4.69) is 35.3 Å². The number of halogens is 1. The molecule has 3 heterocycles. The summed E-state index contributed by atoms with van der Waals surface area (Å²) >= 11 is 7.80. The van der Waals surface area contributed by atoms with Gasteiger partial charge in [-0.2, -0.15) is 0 Å². The van der Waals surface area contributed by atoms with E-state index in [0.29, 0.717) is 0 Å². The molecule has 0 aliphatic rings. The first-order valence-electron chi connectivity index (χ1n) is 6.46. The van der Waals surface area contributed by atoms with Crippen LogP contribution in [0.3, 0.4) is 0 Å². The Morgan fingerprint density at radius 1 is 1.25 bits per heavy atom. The van der Waals surface area contributed by atoms with Crippen LogP contribution in [0.5, 0.6) is 0 Å². The monoisotopic (exact) mass is 305 g/mol. The molecule has 0 aliphatic heterocycles. The molecule has 0 bridgehead atoms. The van der Waals surface area contributed by atoms with Crippen LogP contribution in [0.2, 0.25) is 5.02 Å². The minimum absolute atomic E-state index is 0.726. The summed E-state index contributed by atoms with van der Waals surface area (Å²) in [7, 11) is 2.12. The van der Waals surface area contributed by atoms with E-state index in [1.54, 1.807) is 0 Å². The Morgan fingerprint density at radius 2 is 2.10 bits per heavy atom. The lowest BCUT2D eigenvalue weighted by molar-refractivity contribution is 0.318. The van der Waals surface area contributed by atoms with Gasteiger partial charge in [-0.3, -0.25) is 4.90 Å². The fraction of sp³-hybridized carbons (Fsp3) is 0.267. The quantitative estimate of drug-likeness (QED) is 0.726. The highest BCUT2D eigenvalue weighted by Crippen LogP contribution is 2.18. The molecule has 3 nitrogen and oxygen atoms in total. The van der Waals surface area contributed by atoms with Crippen LogP contribution in [-0.4, -0.2) is 21.3 Å². The van der Waals surface area contributed by atoms with Crippen molar-refractivity contribution in [1.29, 1.82) is 0 Å². The Hall–Kier alpha value is -1.36. The summed E-state index contributed by atoms with van der Waals surface area (Å²) in [6.07, 6.45) is 3.93. The second-order valence-electron chi connectivity index (χ2n) is 5.04. The van der Waals surface area contributed by atoms with E-state index in [1.165, 1.54) is 10.4 Å². The van der Waals surface area contributed by atoms with E-state index in [-0.39, 0.29) is 0 Å². The van der Waals surface area contributed by atoms with Gasteiger partial charge in [0.1, 0.15) is 5.65 Å². The van der Waals surface area contributed by atoms with Crippen LogP contribution in [0.1, 0.15) is 16.1 Å². The summed E-state index contributed by atoms with van der Waals surface area (Å²) in [5, 5.41) is 2.87. The number of pyridine rings is 1. The molecule has 3 aromatic rings. The lowest BCUT2D eigenvalue weighted by Gasteiger charge is -2.14. The Bertz CT molecular complexity index is 732. The van der Waals surface area contributed by atoms with Gasteiger partial charge in [-0.05, 0) is 43.1 Å². The standard InChI is InChI=1S/C15H16ClN3S/c1-11-5-6-20-14(11)10-18(2)8-13-9-19-7-12(16)3-4-15(19)17-13/h3-7,9H,8,10H2,1-2H3. The number of imidazole rings is 1. The van der Waals surface area contributed by atoms with E-state index in [4.69, 9.17) is 11.6 Å². The van der Waals surface area contributed by atoms with Gasteiger partial charge in [-0.15, -0.1) is 11.3 Å². The molecule has 0 aliphatic carbocycles. The van der Waals surface area contributed by atoms with Crippen molar-refractivity contribution in [2.24, 2.45) is 0 Å². The minimum Gasteiger partial charge on any atom is -0.305 e. The van der Waals surface area contributed by atoms with E-state index < -0.39 is 0 Å². The van der Waals surface area contributed by atoms with E-state index in [1.807, 2.05) is 40.3 Å². The predicted octanol–water partition coefficient (Wildman–Crippen LogP) is 3.99. The molecule has 3 aromatic heterocycles. The van der Waals surface area contributed by atoms with Gasteiger partial charge in [-0.25, -0.2) is 4.98 Å². The number of aryl methyl sites for hydroxylation is 1. The maximum atomic E-state index is 5.99. The van der Waals surface area contributed by atoms with Crippen LogP contribution >= 0.6 is 22.9 Å². The lowest BCUT2D eigenvalue weighted by Crippen LogP contribution is -2.17. The maximum absolute atomic E-state index is 5.99. The molecule has 0 saturated carbocycles. The highest BCUT2D eigenvalue weighted by atomic mass is 35.5. The largest absolute Gasteiger partial charge is 0.305 e. The third kappa shape index (κ3) is 2.87. The summed E-state index contributed by atoms with van der Waals surface area (Å²) in [6, 6.07) is 5.97. The number of fused-ring (bicyclic) bond motifs is 1. The third-order valence-corrected chi connectivity index (χ3v) is 4.51. The van der Waals surface area contributed by atoms with Crippen molar-refractivity contribution in [2.45, 2.75) is 20.0 Å². The maximum Gasteiger partial charge on any atom is 0.137 e. The highest BCUT2D eigenvalue weighted by molar-refractivity contribution is 7.10. The molecule has 5 heteroatoms. The number of aromatic nitrogens is 2. The molecule has 0 saturated heterocycles. The second kappa shape index (κ2) is 5.56. The summed E-state index contributed by atoms with van der Waals surface area (Å²) in [4.78, 5) is 8.31. The molecular weight excluding hydrogens is 290 g/mol. The van der Waals surface area contributed by atoms with Gasteiger partial charge < -0.3 is 4.40 Å². The molecule has 3 rings (SSSR count). The van der Waals surface area contributed by atoms with Crippen LogP contribution < -0.4 is 0 Å². The second-order valence-corrected chi connectivity index (χ2v) is 6.48. The first kappa shape index (κ1) is 13.6. The Morgan fingerprint density at radius 3 is 2.85 bits per heavy atom. The van der Waals surface area contributed by atoms with Gasteiger partial charge in [0, 0.05) is 30.4 Å². The zero-order valence-electron chi connectivity index (χ0n) is 11.5. The Balaban J connectivity index is 1.74. The molecular formula is C15H16ClN3S. The Labute approximate surface area is 127 Å². The zero-order chi connectivity index (χ0) is 14.1. The smallest absolute Gasteiger partial charge is 0.137 e. The number of thiophene rings is 1. The van der Waals surface area contributed by atoms with Crippen molar-refractivity contribution >= 4 is 28.6 Å². The van der Waals surface area contributed by atoms with E-state index >= 15 is 0 Å². The van der Waals surface area contributed by atoms with Gasteiger partial charge in [-0.1, -0.05) is 11.6 Å². The Kier molecular flexibility index (Phi) is 3.78. The minimum atomic E-state index is 0.726. The van der Waals surface area contributed by atoms with Gasteiger partial charge in [0.2, 0.25) is 0 Å². The molecule has 0 fully saturated rings. The fourth-order valence-electron chi connectivity index (χ4n) is 2.24. The molecule has 104 valence electrons. The van der Waals surface area contributed by atoms with Crippen LogP contribution in [0.15, 0.2) is 36.0 Å². The fourth-order valence-corrected chi connectivity index (χ4v) is 3.39. The number of hydrogen-bond donors (Lipinski definition) is 0. The summed E-state index contributed by atoms with van der Waals surface area (Å²) in [5.74, 6) is 0. The van der Waals surface area contributed by atoms with Gasteiger partial charge >= 0.3 is 0 Å². The molecule has 0 radical (unpaired) electrons. The molecule has 0 amide bonds. The average Bonchev–Trinajstić information content (AvgIpc) is 2.95. The first-order chi connectivity index (χ1) is 9.61. The van der Waals surface area contributed by atoms with Crippen LogP contribution in [0.25, 0.3) is 5.65 Å². The van der Waals surface area contributed by atoms with Crippen molar-refractivity contribution in [1.82, 2.24) is 14.3 Å². The summed E-state index contributed by atoms with van der Waals surface area (Å²) in [6.45, 7) is 3.95. The van der Waals surface area contributed by atoms with Gasteiger partial charge in [0.25, 0.3) is 0 Å². The molecule has 20 heavy (non-hydrogen) atoms. The number of rotatable bonds is 4. The predicted molar refractivity (Wildman–Crippen MR) is 84.4 cm³/mol. The van der Waals surface area contributed by atoms with E-state index in [0.717, 1.165) is 29.5 Å². The van der Waals surface area contributed by atoms with Crippen molar-refractivity contribution < 1.29 is 0 Å². The van der Waals surface area contributed by atoms with Crippen molar-refractivity contribution in [3.05, 3.63) is 57.1 Å². The summed E-state index contributed by atoms with van der Waals surface area (Å²) in [5.41, 5.74) is 3.36. The summed E-state index contributed by atoms with van der Waals surface area (Å²) < 4.78 is 1.97. The normalized spacial score (nSPS) is 11.6. The first-order valence-corrected chi connectivity index (χ1v) is 7.72. The van der Waals surface area contributed by atoms with Gasteiger partial charge in [0.15, 0.2) is 0 Å². The highest BCUT2D eigenvalue weighted by Gasteiger charge is 2.08. The van der Waals surface area contributed by atoms with Crippen LogP contribution in [0.4, 0.5) is 0 Å². The average molecular weight is 306 g/mol. The third-order valence-electron chi connectivity index (χ3n) is 3.28. The topological polar surface area (TPSA) is 20.5 Å². The van der Waals surface area contributed by atoms with Crippen molar-refractivity contribution in [2.75, 3.05) is 7.05 Å². The molecule has 0 N–H and O–H groups in total. The zero-order valence-corrected chi connectivity index (χ0v) is 13.1. The molecule has 0 unspecified atom stereocenters. The SMILES string of the molecule is Cc1ccsc1CN(C)Cc1cn2cc(Cl)ccc2n1. The number of nitrogens with zero attached hydrogens (tertiary/aromatic N) is 3. The van der Waals surface area contributed by atoms with E-state index in [9.17, 15) is 0 Å².